The largest absolute Gasteiger partial charge is 0.311 e. The summed E-state index contributed by atoms with van der Waals surface area (Å²) < 4.78 is 0. The van der Waals surface area contributed by atoms with Crippen LogP contribution >= 0.6 is 0 Å². The van der Waals surface area contributed by atoms with Gasteiger partial charge in [0.2, 0.25) is 0 Å². The van der Waals surface area contributed by atoms with Gasteiger partial charge in [0.25, 0.3) is 0 Å². The third kappa shape index (κ3) is 3.83. The van der Waals surface area contributed by atoms with E-state index in [9.17, 15) is 0 Å². The minimum Gasteiger partial charge on any atom is -0.311 e. The fourth-order valence-electron chi connectivity index (χ4n) is 3.40. The van der Waals surface area contributed by atoms with Crippen molar-refractivity contribution in [3.05, 3.63) is 35.9 Å². The molecular weight excluding hydrogens is 244 g/mol. The summed E-state index contributed by atoms with van der Waals surface area (Å²) >= 11 is 0. The summed E-state index contributed by atoms with van der Waals surface area (Å²) in [6.07, 6.45) is 6.83. The molecule has 3 rings (SSSR count). The van der Waals surface area contributed by atoms with Gasteiger partial charge in [-0.2, -0.15) is 0 Å². The maximum Gasteiger partial charge on any atom is 0.0236 e. The molecule has 2 unspecified atom stereocenters. The molecule has 0 radical (unpaired) electrons. The van der Waals surface area contributed by atoms with Crippen molar-refractivity contribution in [3.63, 3.8) is 0 Å². The highest BCUT2D eigenvalue weighted by Gasteiger charge is 2.28. The molecule has 2 fully saturated rings. The Morgan fingerprint density at radius 2 is 2.00 bits per heavy atom. The first kappa shape index (κ1) is 14.1. The molecule has 0 bridgehead atoms. The van der Waals surface area contributed by atoms with E-state index in [0.29, 0.717) is 6.04 Å². The van der Waals surface area contributed by atoms with Crippen molar-refractivity contribution in [2.24, 2.45) is 5.92 Å². The number of nitrogens with one attached hydrogen (secondary N) is 1. The first-order valence-electron chi connectivity index (χ1n) is 8.36. The van der Waals surface area contributed by atoms with Gasteiger partial charge in [-0.3, -0.25) is 4.90 Å². The molecule has 2 aliphatic rings. The molecule has 20 heavy (non-hydrogen) atoms. The highest BCUT2D eigenvalue weighted by molar-refractivity contribution is 5.16. The van der Waals surface area contributed by atoms with Gasteiger partial charge in [0.15, 0.2) is 0 Å². The summed E-state index contributed by atoms with van der Waals surface area (Å²) in [5.74, 6) is 1.05. The Morgan fingerprint density at radius 3 is 2.70 bits per heavy atom. The first-order valence-corrected chi connectivity index (χ1v) is 8.36. The van der Waals surface area contributed by atoms with Crippen molar-refractivity contribution < 1.29 is 0 Å². The van der Waals surface area contributed by atoms with E-state index in [0.717, 1.165) is 18.4 Å². The van der Waals surface area contributed by atoms with Gasteiger partial charge in [-0.25, -0.2) is 0 Å². The molecule has 1 aliphatic heterocycles. The average molecular weight is 272 g/mol. The van der Waals surface area contributed by atoms with E-state index >= 15 is 0 Å². The van der Waals surface area contributed by atoms with Crippen molar-refractivity contribution in [2.75, 3.05) is 19.6 Å². The lowest BCUT2D eigenvalue weighted by Crippen LogP contribution is -2.57. The summed E-state index contributed by atoms with van der Waals surface area (Å²) in [6, 6.07) is 12.3. The Morgan fingerprint density at radius 1 is 1.20 bits per heavy atom. The zero-order valence-electron chi connectivity index (χ0n) is 12.7. The van der Waals surface area contributed by atoms with Gasteiger partial charge in [0, 0.05) is 25.2 Å². The Bertz CT molecular complexity index is 399. The van der Waals surface area contributed by atoms with Gasteiger partial charge in [0.1, 0.15) is 0 Å². The molecule has 1 heterocycles. The van der Waals surface area contributed by atoms with Crippen LogP contribution in [-0.4, -0.2) is 36.6 Å². The van der Waals surface area contributed by atoms with Crippen LogP contribution in [0.1, 0.15) is 38.2 Å². The normalized spacial score (nSPS) is 27.6. The van der Waals surface area contributed by atoms with Crippen molar-refractivity contribution in [1.29, 1.82) is 0 Å². The second-order valence-electron chi connectivity index (χ2n) is 6.58. The van der Waals surface area contributed by atoms with Crippen LogP contribution in [0.4, 0.5) is 0 Å². The van der Waals surface area contributed by atoms with E-state index in [1.54, 1.807) is 0 Å². The predicted molar refractivity (Wildman–Crippen MR) is 84.9 cm³/mol. The molecule has 0 amide bonds. The second kappa shape index (κ2) is 6.73. The number of hydrogen-bond donors (Lipinski definition) is 1. The Labute approximate surface area is 123 Å². The summed E-state index contributed by atoms with van der Waals surface area (Å²) in [5.41, 5.74) is 1.46. The molecule has 1 saturated carbocycles. The van der Waals surface area contributed by atoms with E-state index in [1.165, 1.54) is 50.9 Å². The van der Waals surface area contributed by atoms with E-state index in [2.05, 4.69) is 47.5 Å². The molecule has 1 aromatic carbocycles. The third-order valence-corrected chi connectivity index (χ3v) is 4.93. The molecule has 1 aromatic rings. The average Bonchev–Trinajstić information content (AvgIpc) is 3.31. The van der Waals surface area contributed by atoms with Crippen LogP contribution in [-0.2, 0) is 6.42 Å². The van der Waals surface area contributed by atoms with Gasteiger partial charge >= 0.3 is 0 Å². The number of piperazine rings is 1. The van der Waals surface area contributed by atoms with Gasteiger partial charge < -0.3 is 5.32 Å². The number of nitrogens with zero attached hydrogens (tertiary/aromatic N) is 1. The summed E-state index contributed by atoms with van der Waals surface area (Å²) in [7, 11) is 0. The number of rotatable bonds is 6. The number of hydrogen-bond acceptors (Lipinski definition) is 2. The van der Waals surface area contributed by atoms with Gasteiger partial charge in [0.05, 0.1) is 0 Å². The first-order chi connectivity index (χ1) is 9.85. The highest BCUT2D eigenvalue weighted by atomic mass is 15.2. The Balaban J connectivity index is 1.54. The smallest absolute Gasteiger partial charge is 0.0236 e. The van der Waals surface area contributed by atoms with Crippen LogP contribution in [0.5, 0.6) is 0 Å². The second-order valence-corrected chi connectivity index (χ2v) is 6.58. The number of benzene rings is 1. The summed E-state index contributed by atoms with van der Waals surface area (Å²) in [5, 5.41) is 3.76. The van der Waals surface area contributed by atoms with E-state index < -0.39 is 0 Å². The lowest BCUT2D eigenvalue weighted by molar-refractivity contribution is 0.123. The van der Waals surface area contributed by atoms with Crippen LogP contribution in [0.3, 0.4) is 0 Å². The van der Waals surface area contributed by atoms with Crippen LogP contribution in [0, 0.1) is 5.92 Å². The Kier molecular flexibility index (Phi) is 4.74. The van der Waals surface area contributed by atoms with Crippen molar-refractivity contribution in [1.82, 2.24) is 10.2 Å². The van der Waals surface area contributed by atoms with Crippen LogP contribution < -0.4 is 5.32 Å². The summed E-state index contributed by atoms with van der Waals surface area (Å²) in [6.45, 7) is 6.03. The maximum absolute atomic E-state index is 3.76. The molecule has 110 valence electrons. The lowest BCUT2D eigenvalue weighted by atomic mass is 10.00. The molecule has 2 atom stereocenters. The minimum absolute atomic E-state index is 0.624. The molecule has 2 heteroatoms. The van der Waals surface area contributed by atoms with Gasteiger partial charge in [-0.05, 0) is 37.3 Å². The molecule has 1 N–H and O–H groups in total. The van der Waals surface area contributed by atoms with Gasteiger partial charge in [-0.1, -0.05) is 50.1 Å². The van der Waals surface area contributed by atoms with Crippen molar-refractivity contribution >= 4 is 0 Å². The standard InChI is InChI=1S/C18H28N2/c1-2-18-13-19-17(12-16-6-4-3-5-7-16)14-20(18)11-10-15-8-9-15/h3-7,15,17-19H,2,8-14H2,1H3. The predicted octanol–water partition coefficient (Wildman–Crippen LogP) is 3.08. The van der Waals surface area contributed by atoms with Crippen LogP contribution in [0.2, 0.25) is 0 Å². The zero-order valence-corrected chi connectivity index (χ0v) is 12.7. The fraction of sp³-hybridized carbons (Fsp3) is 0.667. The van der Waals surface area contributed by atoms with Crippen LogP contribution in [0.25, 0.3) is 0 Å². The molecular formula is C18H28N2. The fourth-order valence-corrected chi connectivity index (χ4v) is 3.40. The maximum atomic E-state index is 3.76. The summed E-state index contributed by atoms with van der Waals surface area (Å²) in [4.78, 5) is 2.75. The highest BCUT2D eigenvalue weighted by Crippen LogP contribution is 2.32. The van der Waals surface area contributed by atoms with Crippen LogP contribution in [0.15, 0.2) is 30.3 Å². The third-order valence-electron chi connectivity index (χ3n) is 4.93. The minimum atomic E-state index is 0.624. The molecule has 1 aliphatic carbocycles. The quantitative estimate of drug-likeness (QED) is 0.856. The van der Waals surface area contributed by atoms with Crippen molar-refractivity contribution in [2.45, 2.75) is 51.1 Å². The molecule has 1 saturated heterocycles. The lowest BCUT2D eigenvalue weighted by Gasteiger charge is -2.40. The van der Waals surface area contributed by atoms with E-state index in [-0.39, 0.29) is 0 Å². The molecule has 2 nitrogen and oxygen atoms in total. The zero-order chi connectivity index (χ0) is 13.8. The Hall–Kier alpha value is -0.860. The van der Waals surface area contributed by atoms with E-state index in [4.69, 9.17) is 0 Å². The molecule has 0 aromatic heterocycles. The molecule has 0 spiro atoms. The monoisotopic (exact) mass is 272 g/mol. The van der Waals surface area contributed by atoms with Gasteiger partial charge in [-0.15, -0.1) is 0 Å². The van der Waals surface area contributed by atoms with Crippen molar-refractivity contribution in [3.8, 4) is 0 Å². The SMILES string of the molecule is CCC1CNC(Cc2ccccc2)CN1CCC1CC1. The van der Waals surface area contributed by atoms with E-state index in [1.807, 2.05) is 0 Å². The topological polar surface area (TPSA) is 15.3 Å².